The Hall–Kier alpha value is -2.38. The van der Waals surface area contributed by atoms with E-state index in [9.17, 15) is 14.4 Å². The number of aryl methyl sites for hydroxylation is 1. The van der Waals surface area contributed by atoms with Crippen LogP contribution in [-0.2, 0) is 20.9 Å². The fraction of sp³-hybridized carbons (Fsp3) is 0.647. The largest absolute Gasteiger partial charge is 0.369 e. The van der Waals surface area contributed by atoms with Gasteiger partial charge >= 0.3 is 0 Å². The highest BCUT2D eigenvalue weighted by Gasteiger charge is 2.35. The second kappa shape index (κ2) is 7.67. The predicted octanol–water partition coefficient (Wildman–Crippen LogP) is 0.104. The summed E-state index contributed by atoms with van der Waals surface area (Å²) in [6.07, 6.45) is 4.28. The Morgan fingerprint density at radius 3 is 2.68 bits per heavy atom. The number of hydrogen-bond donors (Lipinski definition) is 3. The van der Waals surface area contributed by atoms with Gasteiger partial charge in [0.15, 0.2) is 0 Å². The quantitative estimate of drug-likeness (QED) is 0.605. The van der Waals surface area contributed by atoms with Gasteiger partial charge in [0.25, 0.3) is 0 Å². The molecule has 0 aromatic carbocycles. The zero-order valence-electron chi connectivity index (χ0n) is 15.0. The Kier molecular flexibility index (Phi) is 5.81. The Morgan fingerprint density at radius 1 is 1.36 bits per heavy atom. The van der Waals surface area contributed by atoms with Crippen molar-refractivity contribution in [2.45, 2.75) is 52.6 Å². The molecule has 0 radical (unpaired) electrons. The number of hydrogen-bond acceptors (Lipinski definition) is 4. The van der Waals surface area contributed by atoms with Gasteiger partial charge in [0.1, 0.15) is 12.0 Å². The maximum absolute atomic E-state index is 12.1. The molecule has 8 heteroatoms. The molecular formula is C17H27N5O3. The molecular weight excluding hydrogens is 322 g/mol. The van der Waals surface area contributed by atoms with Gasteiger partial charge in [0.05, 0.1) is 0 Å². The van der Waals surface area contributed by atoms with E-state index < -0.39 is 11.3 Å². The van der Waals surface area contributed by atoms with Crippen molar-refractivity contribution in [1.29, 1.82) is 0 Å². The van der Waals surface area contributed by atoms with Crippen LogP contribution in [0.2, 0.25) is 0 Å². The Labute approximate surface area is 147 Å². The molecule has 1 aliphatic rings. The van der Waals surface area contributed by atoms with Gasteiger partial charge < -0.3 is 16.4 Å². The van der Waals surface area contributed by atoms with Crippen LogP contribution < -0.4 is 16.4 Å². The summed E-state index contributed by atoms with van der Waals surface area (Å²) < 4.78 is 1.66. The molecule has 138 valence electrons. The van der Waals surface area contributed by atoms with Gasteiger partial charge in [-0.1, -0.05) is 0 Å². The summed E-state index contributed by atoms with van der Waals surface area (Å²) in [7, 11) is 0. The van der Waals surface area contributed by atoms with Crippen molar-refractivity contribution >= 4 is 17.7 Å². The van der Waals surface area contributed by atoms with Crippen LogP contribution >= 0.6 is 0 Å². The van der Waals surface area contributed by atoms with E-state index in [1.807, 2.05) is 13.0 Å². The van der Waals surface area contributed by atoms with Crippen LogP contribution in [0.4, 0.5) is 0 Å². The molecule has 2 atom stereocenters. The van der Waals surface area contributed by atoms with Crippen LogP contribution in [0.5, 0.6) is 0 Å². The van der Waals surface area contributed by atoms with Crippen LogP contribution in [-0.4, -0.2) is 40.1 Å². The fourth-order valence-electron chi connectivity index (χ4n) is 2.93. The summed E-state index contributed by atoms with van der Waals surface area (Å²) in [5, 5.41) is 9.92. The van der Waals surface area contributed by atoms with Crippen molar-refractivity contribution in [3.05, 3.63) is 18.0 Å². The Balaban J connectivity index is 1.74. The number of amides is 3. The summed E-state index contributed by atoms with van der Waals surface area (Å²) in [6.45, 7) is 5.63. The Morgan fingerprint density at radius 2 is 2.08 bits per heavy atom. The number of carbonyl (C=O) groups excluding carboxylic acids is 3. The van der Waals surface area contributed by atoms with E-state index in [-0.39, 0.29) is 30.3 Å². The number of nitrogens with one attached hydrogen (secondary N) is 2. The van der Waals surface area contributed by atoms with E-state index in [2.05, 4.69) is 15.7 Å². The van der Waals surface area contributed by atoms with Gasteiger partial charge in [-0.25, -0.2) is 0 Å². The van der Waals surface area contributed by atoms with Crippen molar-refractivity contribution in [2.75, 3.05) is 6.54 Å². The third-order valence-electron chi connectivity index (χ3n) is 4.86. The first-order valence-electron chi connectivity index (χ1n) is 8.56. The number of nitrogens with zero attached hydrogens (tertiary/aromatic N) is 2. The molecule has 0 bridgehead atoms. The van der Waals surface area contributed by atoms with Crippen LogP contribution in [0.1, 0.15) is 38.8 Å². The lowest BCUT2D eigenvalue weighted by Gasteiger charge is -2.21. The predicted molar refractivity (Wildman–Crippen MR) is 92.2 cm³/mol. The standard InChI is InChI=1S/C17H27N5O3/c1-11-6-7-20-22(11)10-14(23)21-13-5-4-12(8-13)9-19-16(25)17(2,3)15(18)24/h6-7,12-13H,4-5,8-10H2,1-3H3,(H2,18,24)(H,19,25)(H,21,23)/t12-,13+/m0/s1. The molecule has 1 aromatic rings. The average molecular weight is 349 g/mol. The number of nitrogens with two attached hydrogens (primary N) is 1. The fourth-order valence-corrected chi connectivity index (χ4v) is 2.93. The molecule has 1 aromatic heterocycles. The molecule has 1 fully saturated rings. The van der Waals surface area contributed by atoms with Gasteiger partial charge in [0, 0.05) is 24.5 Å². The van der Waals surface area contributed by atoms with Crippen molar-refractivity contribution in [1.82, 2.24) is 20.4 Å². The van der Waals surface area contributed by atoms with Crippen LogP contribution in [0.15, 0.2) is 12.3 Å². The Bertz CT molecular complexity index is 652. The number of aromatic nitrogens is 2. The first-order chi connectivity index (χ1) is 11.7. The molecule has 1 heterocycles. The van der Waals surface area contributed by atoms with Crippen molar-refractivity contribution in [3.63, 3.8) is 0 Å². The van der Waals surface area contributed by atoms with E-state index in [0.29, 0.717) is 6.54 Å². The molecule has 1 aliphatic carbocycles. The summed E-state index contributed by atoms with van der Waals surface area (Å²) in [6, 6.07) is 1.96. The molecule has 8 nitrogen and oxygen atoms in total. The van der Waals surface area contributed by atoms with Crippen LogP contribution in [0.3, 0.4) is 0 Å². The highest BCUT2D eigenvalue weighted by atomic mass is 16.2. The minimum Gasteiger partial charge on any atom is -0.369 e. The number of primary amides is 1. The van der Waals surface area contributed by atoms with Gasteiger partial charge in [-0.05, 0) is 52.0 Å². The first-order valence-corrected chi connectivity index (χ1v) is 8.56. The van der Waals surface area contributed by atoms with Crippen LogP contribution in [0, 0.1) is 18.3 Å². The van der Waals surface area contributed by atoms with E-state index >= 15 is 0 Å². The number of carbonyl (C=O) groups is 3. The van der Waals surface area contributed by atoms with Crippen molar-refractivity contribution in [3.8, 4) is 0 Å². The minimum absolute atomic E-state index is 0.0589. The zero-order valence-corrected chi connectivity index (χ0v) is 15.0. The molecule has 2 rings (SSSR count). The molecule has 0 spiro atoms. The zero-order chi connectivity index (χ0) is 18.6. The molecule has 25 heavy (non-hydrogen) atoms. The second-order valence-electron chi connectivity index (χ2n) is 7.27. The smallest absolute Gasteiger partial charge is 0.241 e. The lowest BCUT2D eigenvalue weighted by atomic mass is 9.91. The molecule has 1 saturated carbocycles. The molecule has 4 N–H and O–H groups in total. The molecule has 0 saturated heterocycles. The summed E-state index contributed by atoms with van der Waals surface area (Å²) in [4.78, 5) is 35.4. The molecule has 3 amide bonds. The molecule has 0 unspecified atom stereocenters. The lowest BCUT2D eigenvalue weighted by Crippen LogP contribution is -2.46. The maximum Gasteiger partial charge on any atom is 0.241 e. The van der Waals surface area contributed by atoms with E-state index in [1.54, 1.807) is 10.9 Å². The average Bonchev–Trinajstić information content (AvgIpc) is 3.14. The van der Waals surface area contributed by atoms with Gasteiger partial charge in [-0.2, -0.15) is 5.10 Å². The highest BCUT2D eigenvalue weighted by molar-refractivity contribution is 6.03. The monoisotopic (exact) mass is 349 g/mol. The topological polar surface area (TPSA) is 119 Å². The van der Waals surface area contributed by atoms with E-state index in [0.717, 1.165) is 25.0 Å². The van der Waals surface area contributed by atoms with Gasteiger partial charge in [-0.3, -0.25) is 19.1 Å². The summed E-state index contributed by atoms with van der Waals surface area (Å²) in [5.41, 5.74) is 4.97. The van der Waals surface area contributed by atoms with Gasteiger partial charge in [0.2, 0.25) is 17.7 Å². The molecule has 0 aliphatic heterocycles. The second-order valence-corrected chi connectivity index (χ2v) is 7.27. The maximum atomic E-state index is 12.1. The van der Waals surface area contributed by atoms with Gasteiger partial charge in [-0.15, -0.1) is 0 Å². The van der Waals surface area contributed by atoms with E-state index in [1.165, 1.54) is 13.8 Å². The van der Waals surface area contributed by atoms with Crippen molar-refractivity contribution in [2.24, 2.45) is 17.1 Å². The van der Waals surface area contributed by atoms with E-state index in [4.69, 9.17) is 5.73 Å². The van der Waals surface area contributed by atoms with Crippen molar-refractivity contribution < 1.29 is 14.4 Å². The van der Waals surface area contributed by atoms with Crippen LogP contribution in [0.25, 0.3) is 0 Å². The number of rotatable bonds is 7. The SMILES string of the molecule is Cc1ccnn1CC(=O)N[C@@H]1CC[C@H](CNC(=O)C(C)(C)C(N)=O)C1. The highest BCUT2D eigenvalue weighted by Crippen LogP contribution is 2.25. The lowest BCUT2D eigenvalue weighted by molar-refractivity contribution is -0.139. The minimum atomic E-state index is -1.21. The summed E-state index contributed by atoms with van der Waals surface area (Å²) >= 11 is 0. The summed E-state index contributed by atoms with van der Waals surface area (Å²) in [5.74, 6) is -0.780. The third kappa shape index (κ3) is 4.80. The third-order valence-corrected chi connectivity index (χ3v) is 4.86. The normalized spacial score (nSPS) is 20.3. The first kappa shape index (κ1) is 19.0.